The minimum absolute atomic E-state index is 0.0444. The van der Waals surface area contributed by atoms with Crippen LogP contribution < -0.4 is 10.5 Å². The van der Waals surface area contributed by atoms with E-state index in [1.165, 1.54) is 6.07 Å². The van der Waals surface area contributed by atoms with E-state index in [9.17, 15) is 8.78 Å². The first-order valence-corrected chi connectivity index (χ1v) is 6.06. The van der Waals surface area contributed by atoms with Crippen molar-refractivity contribution >= 4 is 0 Å². The number of hydrogen-bond acceptors (Lipinski definition) is 3. The zero-order valence-corrected chi connectivity index (χ0v) is 10.3. The van der Waals surface area contributed by atoms with Gasteiger partial charge in [0.05, 0.1) is 12.7 Å². The molecule has 2 atom stereocenters. The third-order valence-corrected chi connectivity index (χ3v) is 3.03. The highest BCUT2D eigenvalue weighted by atomic mass is 19.1. The molecular weight excluding hydrogens is 240 g/mol. The van der Waals surface area contributed by atoms with Gasteiger partial charge in [-0.25, -0.2) is 8.78 Å². The van der Waals surface area contributed by atoms with E-state index >= 15 is 0 Å². The van der Waals surface area contributed by atoms with E-state index in [1.54, 1.807) is 0 Å². The summed E-state index contributed by atoms with van der Waals surface area (Å²) in [6.45, 7) is 2.58. The van der Waals surface area contributed by atoms with Gasteiger partial charge in [-0.15, -0.1) is 0 Å². The molecule has 5 heteroatoms. The Bertz CT molecular complexity index is 426. The van der Waals surface area contributed by atoms with Crippen LogP contribution in [0.3, 0.4) is 0 Å². The summed E-state index contributed by atoms with van der Waals surface area (Å²) in [6, 6.07) is 2.03. The van der Waals surface area contributed by atoms with Gasteiger partial charge in [0.15, 0.2) is 11.6 Å². The van der Waals surface area contributed by atoms with Crippen LogP contribution in [0.1, 0.15) is 25.3 Å². The number of nitrogens with two attached hydrogens (primary N) is 1. The van der Waals surface area contributed by atoms with Crippen molar-refractivity contribution in [3.8, 4) is 5.75 Å². The molecule has 1 aromatic carbocycles. The second-order valence-electron chi connectivity index (χ2n) is 4.53. The zero-order valence-electron chi connectivity index (χ0n) is 10.3. The number of rotatable bonds is 3. The second kappa shape index (κ2) is 5.63. The van der Waals surface area contributed by atoms with Crippen LogP contribution in [0.5, 0.6) is 5.75 Å². The molecule has 0 bridgehead atoms. The van der Waals surface area contributed by atoms with Crippen LogP contribution in [0.15, 0.2) is 12.1 Å². The van der Waals surface area contributed by atoms with Crippen molar-refractivity contribution in [3.05, 3.63) is 29.3 Å². The predicted octanol–water partition coefficient (Wildman–Crippen LogP) is 2.37. The van der Waals surface area contributed by atoms with Crippen LogP contribution in [0.25, 0.3) is 0 Å². The molecule has 0 spiro atoms. The summed E-state index contributed by atoms with van der Waals surface area (Å²) in [4.78, 5) is 0. The van der Waals surface area contributed by atoms with E-state index in [0.717, 1.165) is 6.07 Å². The van der Waals surface area contributed by atoms with Gasteiger partial charge in [0.1, 0.15) is 11.9 Å². The highest BCUT2D eigenvalue weighted by molar-refractivity contribution is 5.35. The molecule has 1 heterocycles. The molecule has 1 fully saturated rings. The predicted molar refractivity (Wildman–Crippen MR) is 63.3 cm³/mol. The summed E-state index contributed by atoms with van der Waals surface area (Å²) in [5.74, 6) is -1.27. The molecular formula is C13H17F2NO2. The van der Waals surface area contributed by atoms with Crippen LogP contribution in [-0.4, -0.2) is 18.8 Å². The van der Waals surface area contributed by atoms with Crippen molar-refractivity contribution in [3.63, 3.8) is 0 Å². The molecule has 0 aliphatic carbocycles. The lowest BCUT2D eigenvalue weighted by molar-refractivity contribution is -0.0264. The molecule has 100 valence electrons. The average Bonchev–Trinajstić information content (AvgIpc) is 2.32. The van der Waals surface area contributed by atoms with Crippen LogP contribution in [-0.2, 0) is 11.3 Å². The van der Waals surface area contributed by atoms with Crippen LogP contribution in [0, 0.1) is 11.6 Å². The number of benzene rings is 1. The Morgan fingerprint density at radius 1 is 1.44 bits per heavy atom. The summed E-state index contributed by atoms with van der Waals surface area (Å²) in [5.41, 5.74) is 5.84. The average molecular weight is 257 g/mol. The van der Waals surface area contributed by atoms with E-state index < -0.39 is 11.6 Å². The Morgan fingerprint density at radius 3 is 2.89 bits per heavy atom. The van der Waals surface area contributed by atoms with Gasteiger partial charge in [0, 0.05) is 31.0 Å². The van der Waals surface area contributed by atoms with Gasteiger partial charge in [-0.2, -0.15) is 0 Å². The minimum Gasteiger partial charge on any atom is -0.487 e. The summed E-state index contributed by atoms with van der Waals surface area (Å²) in [5, 5.41) is 0. The Balaban J connectivity index is 2.17. The molecule has 2 N–H and O–H groups in total. The van der Waals surface area contributed by atoms with Gasteiger partial charge in [-0.05, 0) is 13.0 Å². The van der Waals surface area contributed by atoms with Gasteiger partial charge in [-0.1, -0.05) is 0 Å². The highest BCUT2D eigenvalue weighted by Gasteiger charge is 2.23. The van der Waals surface area contributed by atoms with Gasteiger partial charge >= 0.3 is 0 Å². The maximum absolute atomic E-state index is 13.7. The van der Waals surface area contributed by atoms with E-state index in [2.05, 4.69) is 0 Å². The summed E-state index contributed by atoms with van der Waals surface area (Å²) in [6.07, 6.45) is 1.37. The Kier molecular flexibility index (Phi) is 4.14. The van der Waals surface area contributed by atoms with Crippen molar-refractivity contribution in [1.82, 2.24) is 0 Å². The van der Waals surface area contributed by atoms with Crippen molar-refractivity contribution in [1.29, 1.82) is 0 Å². The first kappa shape index (κ1) is 13.2. The molecule has 0 radical (unpaired) electrons. The Labute approximate surface area is 105 Å². The molecule has 18 heavy (non-hydrogen) atoms. The third kappa shape index (κ3) is 2.97. The molecule has 0 aromatic heterocycles. The second-order valence-corrected chi connectivity index (χ2v) is 4.53. The molecule has 1 aliphatic heterocycles. The lowest BCUT2D eigenvalue weighted by Gasteiger charge is -2.28. The quantitative estimate of drug-likeness (QED) is 0.904. The molecule has 1 aliphatic rings. The summed E-state index contributed by atoms with van der Waals surface area (Å²) < 4.78 is 37.8. The fourth-order valence-electron chi connectivity index (χ4n) is 2.13. The van der Waals surface area contributed by atoms with Crippen molar-refractivity contribution in [2.45, 2.75) is 38.5 Å². The van der Waals surface area contributed by atoms with Gasteiger partial charge < -0.3 is 15.2 Å². The van der Waals surface area contributed by atoms with Gasteiger partial charge in [-0.3, -0.25) is 0 Å². The normalized spacial score (nSPS) is 24.0. The van der Waals surface area contributed by atoms with E-state index in [0.29, 0.717) is 25.0 Å². The fourth-order valence-corrected chi connectivity index (χ4v) is 2.13. The van der Waals surface area contributed by atoms with Gasteiger partial charge in [0.2, 0.25) is 0 Å². The third-order valence-electron chi connectivity index (χ3n) is 3.03. The van der Waals surface area contributed by atoms with Crippen molar-refractivity contribution in [2.24, 2.45) is 5.73 Å². The molecule has 1 aromatic rings. The monoisotopic (exact) mass is 257 g/mol. The lowest BCUT2D eigenvalue weighted by Crippen LogP contribution is -2.31. The van der Waals surface area contributed by atoms with Crippen LogP contribution >= 0.6 is 0 Å². The van der Waals surface area contributed by atoms with Crippen molar-refractivity contribution in [2.75, 3.05) is 6.61 Å². The molecule has 3 nitrogen and oxygen atoms in total. The zero-order chi connectivity index (χ0) is 13.1. The van der Waals surface area contributed by atoms with Crippen LogP contribution in [0.4, 0.5) is 8.78 Å². The van der Waals surface area contributed by atoms with E-state index in [4.69, 9.17) is 15.2 Å². The van der Waals surface area contributed by atoms with Crippen LogP contribution in [0.2, 0.25) is 0 Å². The standard InChI is InChI=1S/C13H17F2NO2/c1-8-4-11(2-3-17-8)18-13-9(7-16)5-10(14)6-12(13)15/h5-6,8,11H,2-4,7,16H2,1H3. The highest BCUT2D eigenvalue weighted by Crippen LogP contribution is 2.28. The number of hydrogen-bond donors (Lipinski definition) is 1. The number of halogens is 2. The fraction of sp³-hybridized carbons (Fsp3) is 0.538. The molecule has 0 amide bonds. The molecule has 2 unspecified atom stereocenters. The lowest BCUT2D eigenvalue weighted by atomic mass is 10.1. The van der Waals surface area contributed by atoms with E-state index in [-0.39, 0.29) is 24.5 Å². The largest absolute Gasteiger partial charge is 0.487 e. The summed E-state index contributed by atoms with van der Waals surface area (Å²) >= 11 is 0. The molecule has 2 rings (SSSR count). The minimum atomic E-state index is -0.699. The SMILES string of the molecule is CC1CC(Oc2c(F)cc(F)cc2CN)CCO1. The topological polar surface area (TPSA) is 44.5 Å². The summed E-state index contributed by atoms with van der Waals surface area (Å²) in [7, 11) is 0. The Hall–Kier alpha value is -1.20. The maximum atomic E-state index is 13.7. The maximum Gasteiger partial charge on any atom is 0.168 e. The van der Waals surface area contributed by atoms with Crippen molar-refractivity contribution < 1.29 is 18.3 Å². The number of ether oxygens (including phenoxy) is 2. The first-order valence-electron chi connectivity index (χ1n) is 6.06. The van der Waals surface area contributed by atoms with E-state index in [1.807, 2.05) is 6.92 Å². The first-order chi connectivity index (χ1) is 8.60. The Morgan fingerprint density at radius 2 is 2.22 bits per heavy atom. The molecule has 0 saturated carbocycles. The smallest absolute Gasteiger partial charge is 0.168 e. The van der Waals surface area contributed by atoms with Gasteiger partial charge in [0.25, 0.3) is 0 Å². The molecule has 1 saturated heterocycles.